The van der Waals surface area contributed by atoms with Crippen LogP contribution in [-0.2, 0) is 0 Å². The Labute approximate surface area is 157 Å². The van der Waals surface area contributed by atoms with E-state index in [1.165, 1.54) is 0 Å². The van der Waals surface area contributed by atoms with Gasteiger partial charge in [-0.3, -0.25) is 4.79 Å². The Bertz CT molecular complexity index is 944. The third-order valence-electron chi connectivity index (χ3n) is 4.80. The molecule has 1 amide bonds. The Morgan fingerprint density at radius 1 is 1.04 bits per heavy atom. The van der Waals surface area contributed by atoms with Crippen molar-refractivity contribution >= 4 is 34.5 Å². The normalized spacial score (nSPS) is 15.4. The topological polar surface area (TPSA) is 40.0 Å². The van der Waals surface area contributed by atoms with Crippen LogP contribution in [0.1, 0.15) is 10.4 Å². The van der Waals surface area contributed by atoms with Crippen LogP contribution in [0.2, 0.25) is 5.02 Å². The second-order valence-corrected chi connectivity index (χ2v) is 7.10. The van der Waals surface area contributed by atoms with Crippen molar-refractivity contribution in [3.63, 3.8) is 0 Å². The first-order valence-electron chi connectivity index (χ1n) is 8.72. The van der Waals surface area contributed by atoms with Gasteiger partial charge < -0.3 is 19.5 Å². The predicted octanol–water partition coefficient (Wildman–Crippen LogP) is 3.60. The summed E-state index contributed by atoms with van der Waals surface area (Å²) in [6.07, 6.45) is 1.91. The van der Waals surface area contributed by atoms with Gasteiger partial charge in [-0.25, -0.2) is 0 Å². The highest BCUT2D eigenvalue weighted by molar-refractivity contribution is 6.30. The third-order valence-corrected chi connectivity index (χ3v) is 5.04. The van der Waals surface area contributed by atoms with Gasteiger partial charge in [0.15, 0.2) is 0 Å². The fraction of sp³-hybridized carbons (Fsp3) is 0.250. The highest BCUT2D eigenvalue weighted by atomic mass is 35.5. The number of aromatic nitrogens is 1. The molecule has 2 aromatic heterocycles. The number of nitrogens with one attached hydrogen (secondary N) is 1. The van der Waals surface area contributed by atoms with Crippen molar-refractivity contribution in [2.45, 2.75) is 0 Å². The minimum atomic E-state index is -0.146. The van der Waals surface area contributed by atoms with Crippen LogP contribution in [0.4, 0.5) is 11.5 Å². The maximum Gasteiger partial charge on any atom is 0.257 e. The molecule has 3 aromatic rings. The number of hydrogen-bond donors (Lipinski definition) is 1. The second-order valence-electron chi connectivity index (χ2n) is 6.66. The van der Waals surface area contributed by atoms with Crippen LogP contribution in [0.5, 0.6) is 0 Å². The van der Waals surface area contributed by atoms with E-state index in [1.54, 1.807) is 12.1 Å². The summed E-state index contributed by atoms with van der Waals surface area (Å²) in [6.45, 7) is 4.06. The second kappa shape index (κ2) is 7.02. The molecule has 1 saturated heterocycles. The van der Waals surface area contributed by atoms with Gasteiger partial charge >= 0.3 is 0 Å². The van der Waals surface area contributed by atoms with Gasteiger partial charge in [0.1, 0.15) is 5.82 Å². The fourth-order valence-corrected chi connectivity index (χ4v) is 3.47. The van der Waals surface area contributed by atoms with Crippen molar-refractivity contribution in [2.24, 2.45) is 0 Å². The first-order valence-corrected chi connectivity index (χ1v) is 9.09. The number of carbonyl (C=O) groups is 1. The van der Waals surface area contributed by atoms with Gasteiger partial charge in [0, 0.05) is 48.6 Å². The number of piperazine rings is 1. The molecule has 0 radical (unpaired) electrons. The Hall–Kier alpha value is -2.50. The number of rotatable bonds is 3. The van der Waals surface area contributed by atoms with E-state index >= 15 is 0 Å². The van der Waals surface area contributed by atoms with Gasteiger partial charge in [-0.05, 0) is 49.5 Å². The molecule has 0 unspecified atom stereocenters. The predicted molar refractivity (Wildman–Crippen MR) is 107 cm³/mol. The van der Waals surface area contributed by atoms with Crippen molar-refractivity contribution in [3.05, 3.63) is 65.3 Å². The quantitative estimate of drug-likeness (QED) is 0.768. The first-order chi connectivity index (χ1) is 12.6. The number of benzene rings is 1. The molecule has 1 aliphatic rings. The van der Waals surface area contributed by atoms with E-state index in [-0.39, 0.29) is 5.91 Å². The molecule has 3 heterocycles. The maximum absolute atomic E-state index is 12.6. The molecule has 0 aliphatic carbocycles. The van der Waals surface area contributed by atoms with E-state index < -0.39 is 0 Å². The van der Waals surface area contributed by atoms with Crippen LogP contribution in [0.25, 0.3) is 5.52 Å². The van der Waals surface area contributed by atoms with E-state index in [4.69, 9.17) is 11.6 Å². The summed E-state index contributed by atoms with van der Waals surface area (Å²) in [5.74, 6) is 0.984. The lowest BCUT2D eigenvalue weighted by Gasteiger charge is -2.33. The zero-order valence-electron chi connectivity index (χ0n) is 14.7. The molecule has 1 aromatic carbocycles. The van der Waals surface area contributed by atoms with E-state index in [2.05, 4.69) is 38.7 Å². The molecule has 1 fully saturated rings. The van der Waals surface area contributed by atoms with Gasteiger partial charge in [0.25, 0.3) is 5.91 Å². The molecule has 0 bridgehead atoms. The molecular weight excluding hydrogens is 348 g/mol. The lowest BCUT2D eigenvalue weighted by molar-refractivity contribution is 0.102. The van der Waals surface area contributed by atoms with E-state index in [0.717, 1.165) is 37.5 Å². The number of amides is 1. The lowest BCUT2D eigenvalue weighted by atomic mass is 10.2. The SMILES string of the molecule is CN1CCN(c2ccc3ccc(C(=O)Nc4cccc(Cl)c4)cn23)CC1. The number of nitrogens with zero attached hydrogens (tertiary/aromatic N) is 3. The number of hydrogen-bond acceptors (Lipinski definition) is 3. The average molecular weight is 369 g/mol. The monoisotopic (exact) mass is 368 g/mol. The summed E-state index contributed by atoms with van der Waals surface area (Å²) in [5, 5.41) is 3.50. The Kier molecular flexibility index (Phi) is 4.57. The number of carbonyl (C=O) groups excluding carboxylic acids is 1. The Morgan fingerprint density at radius 3 is 2.58 bits per heavy atom. The van der Waals surface area contributed by atoms with E-state index in [0.29, 0.717) is 16.3 Å². The molecule has 0 spiro atoms. The fourth-order valence-electron chi connectivity index (χ4n) is 3.28. The zero-order valence-corrected chi connectivity index (χ0v) is 15.4. The average Bonchev–Trinajstić information content (AvgIpc) is 3.05. The zero-order chi connectivity index (χ0) is 18.1. The molecule has 0 saturated carbocycles. The van der Waals surface area contributed by atoms with Crippen molar-refractivity contribution in [3.8, 4) is 0 Å². The smallest absolute Gasteiger partial charge is 0.257 e. The van der Waals surface area contributed by atoms with Gasteiger partial charge in [-0.2, -0.15) is 0 Å². The summed E-state index contributed by atoms with van der Waals surface area (Å²) >= 11 is 5.99. The first kappa shape index (κ1) is 16.9. The Balaban J connectivity index is 1.60. The van der Waals surface area contributed by atoms with Crippen LogP contribution in [0.15, 0.2) is 54.7 Å². The van der Waals surface area contributed by atoms with Crippen LogP contribution in [0, 0.1) is 0 Å². The minimum absolute atomic E-state index is 0.146. The molecule has 4 rings (SSSR count). The molecule has 5 nitrogen and oxygen atoms in total. The van der Waals surface area contributed by atoms with E-state index in [1.807, 2.05) is 30.5 Å². The van der Waals surface area contributed by atoms with Crippen molar-refractivity contribution < 1.29 is 4.79 Å². The summed E-state index contributed by atoms with van der Waals surface area (Å²) in [5.41, 5.74) is 2.39. The molecule has 134 valence electrons. The Morgan fingerprint density at radius 2 is 1.81 bits per heavy atom. The van der Waals surface area contributed by atoms with Crippen molar-refractivity contribution in [1.82, 2.24) is 9.30 Å². The molecular formula is C20H21ClN4O. The molecule has 0 atom stereocenters. The van der Waals surface area contributed by atoms with Gasteiger partial charge in [-0.1, -0.05) is 17.7 Å². The molecule has 1 N–H and O–H groups in total. The van der Waals surface area contributed by atoms with Gasteiger partial charge in [0.2, 0.25) is 0 Å². The van der Waals surface area contributed by atoms with Crippen LogP contribution >= 0.6 is 11.6 Å². The number of halogens is 1. The summed E-state index contributed by atoms with van der Waals surface area (Å²) in [4.78, 5) is 17.3. The van der Waals surface area contributed by atoms with Crippen LogP contribution in [0.3, 0.4) is 0 Å². The minimum Gasteiger partial charge on any atom is -0.355 e. The van der Waals surface area contributed by atoms with Crippen LogP contribution < -0.4 is 10.2 Å². The van der Waals surface area contributed by atoms with Gasteiger partial charge in [-0.15, -0.1) is 0 Å². The standard InChI is InChI=1S/C20H21ClN4O/c1-23-9-11-24(12-10-23)19-8-7-18-6-5-15(14-25(18)19)20(26)22-17-4-2-3-16(21)13-17/h2-8,13-14H,9-12H2,1H3,(H,22,26). The number of fused-ring (bicyclic) bond motifs is 1. The number of pyridine rings is 1. The van der Waals surface area contributed by atoms with Crippen molar-refractivity contribution in [2.75, 3.05) is 43.4 Å². The largest absolute Gasteiger partial charge is 0.355 e. The van der Waals surface area contributed by atoms with E-state index in [9.17, 15) is 4.79 Å². The summed E-state index contributed by atoms with van der Waals surface area (Å²) < 4.78 is 2.10. The third kappa shape index (κ3) is 3.41. The van der Waals surface area contributed by atoms with Crippen molar-refractivity contribution in [1.29, 1.82) is 0 Å². The highest BCUT2D eigenvalue weighted by Gasteiger charge is 2.17. The molecule has 26 heavy (non-hydrogen) atoms. The van der Waals surface area contributed by atoms with Crippen LogP contribution in [-0.4, -0.2) is 48.4 Å². The summed E-state index contributed by atoms with van der Waals surface area (Å²) in [7, 11) is 2.14. The lowest BCUT2D eigenvalue weighted by Crippen LogP contribution is -2.44. The highest BCUT2D eigenvalue weighted by Crippen LogP contribution is 2.22. The number of likely N-dealkylation sites (N-methyl/N-ethyl adjacent to an activating group) is 1. The number of anilines is 2. The molecule has 6 heteroatoms. The summed E-state index contributed by atoms with van der Waals surface area (Å²) in [6, 6.07) is 15.2. The maximum atomic E-state index is 12.6. The van der Waals surface area contributed by atoms with Gasteiger partial charge in [0.05, 0.1) is 5.56 Å². The molecule has 1 aliphatic heterocycles.